The van der Waals surface area contributed by atoms with E-state index in [1.54, 1.807) is 0 Å². The number of unbranched alkanes of at least 4 members (excludes halogenated alkanes) is 10. The lowest BCUT2D eigenvalue weighted by Gasteiger charge is -2.13. The molecule has 1 rings (SSSR count). The van der Waals surface area contributed by atoms with Gasteiger partial charge in [-0.3, -0.25) is 4.79 Å². The molecule has 0 aliphatic heterocycles. The maximum absolute atomic E-state index is 11.9. The third-order valence-corrected chi connectivity index (χ3v) is 5.27. The van der Waals surface area contributed by atoms with E-state index in [-0.39, 0.29) is 5.91 Å². The normalized spacial score (nSPS) is 12.1. The maximum atomic E-state index is 11.9. The van der Waals surface area contributed by atoms with E-state index in [0.717, 1.165) is 24.8 Å². The van der Waals surface area contributed by atoms with Crippen LogP contribution in [-0.4, -0.2) is 17.6 Å². The lowest BCUT2D eigenvalue weighted by molar-refractivity contribution is -0.121. The lowest BCUT2D eigenvalue weighted by atomic mass is 10.0. The summed E-state index contributed by atoms with van der Waals surface area (Å²) in [6, 6.07) is 7.95. The van der Waals surface area contributed by atoms with E-state index in [2.05, 4.69) is 19.2 Å². The number of amides is 1. The molecule has 0 saturated heterocycles. The van der Waals surface area contributed by atoms with E-state index in [1.165, 1.54) is 63.4 Å². The molecule has 0 aromatic heterocycles. The number of rotatable bonds is 16. The molecule has 0 aliphatic rings. The highest BCUT2D eigenvalue weighted by Crippen LogP contribution is 2.14. The molecule has 0 aliphatic carbocycles. The fourth-order valence-electron chi connectivity index (χ4n) is 3.34. The van der Waals surface area contributed by atoms with Gasteiger partial charge in [0.2, 0.25) is 5.91 Å². The molecule has 0 radical (unpaired) electrons. The van der Waals surface area contributed by atoms with Crippen LogP contribution in [0.2, 0.25) is 0 Å². The smallest absolute Gasteiger partial charge is 0.220 e. The molecule has 3 heteroatoms. The second kappa shape index (κ2) is 15.7. The van der Waals surface area contributed by atoms with Crippen molar-refractivity contribution in [1.82, 2.24) is 5.32 Å². The van der Waals surface area contributed by atoms with Gasteiger partial charge in [0.05, 0.1) is 6.10 Å². The first-order valence-corrected chi connectivity index (χ1v) is 11.2. The Morgan fingerprint density at radius 2 is 1.37 bits per heavy atom. The molecule has 2 N–H and O–H groups in total. The van der Waals surface area contributed by atoms with Crippen molar-refractivity contribution in [2.24, 2.45) is 0 Å². The molecule has 1 atom stereocenters. The van der Waals surface area contributed by atoms with Crippen LogP contribution in [0.5, 0.6) is 0 Å². The molecule has 0 fully saturated rings. The topological polar surface area (TPSA) is 49.3 Å². The number of hydrogen-bond donors (Lipinski definition) is 2. The van der Waals surface area contributed by atoms with E-state index in [1.807, 2.05) is 24.3 Å². The van der Waals surface area contributed by atoms with Crippen LogP contribution in [0.25, 0.3) is 0 Å². The van der Waals surface area contributed by atoms with Gasteiger partial charge in [0, 0.05) is 13.0 Å². The number of aryl methyl sites for hydroxylation is 1. The Morgan fingerprint density at radius 3 is 1.89 bits per heavy atom. The van der Waals surface area contributed by atoms with E-state index in [9.17, 15) is 9.90 Å². The average Bonchev–Trinajstić information content (AvgIpc) is 2.70. The summed E-state index contributed by atoms with van der Waals surface area (Å²) < 4.78 is 0. The summed E-state index contributed by atoms with van der Waals surface area (Å²) in [6.07, 6.45) is 15.1. The molecule has 1 aromatic rings. The van der Waals surface area contributed by atoms with Crippen molar-refractivity contribution in [3.8, 4) is 0 Å². The zero-order valence-electron chi connectivity index (χ0n) is 17.6. The minimum Gasteiger partial charge on any atom is -0.387 e. The van der Waals surface area contributed by atoms with E-state index in [4.69, 9.17) is 0 Å². The third kappa shape index (κ3) is 11.9. The second-order valence-electron chi connectivity index (χ2n) is 7.70. The molecular weight excluding hydrogens is 334 g/mol. The van der Waals surface area contributed by atoms with E-state index >= 15 is 0 Å². The van der Waals surface area contributed by atoms with Crippen LogP contribution in [0.1, 0.15) is 108 Å². The number of carbonyl (C=O) groups is 1. The SMILES string of the molecule is CCCCCCCCCCCCCC(=O)NCC(O)c1ccc(CC)cc1. The Morgan fingerprint density at radius 1 is 0.852 bits per heavy atom. The van der Waals surface area contributed by atoms with Gasteiger partial charge in [-0.05, 0) is 24.0 Å². The van der Waals surface area contributed by atoms with Crippen molar-refractivity contribution in [2.45, 2.75) is 103 Å². The summed E-state index contributed by atoms with van der Waals surface area (Å²) >= 11 is 0. The summed E-state index contributed by atoms with van der Waals surface area (Å²) in [5, 5.41) is 13.0. The number of nitrogens with one attached hydrogen (secondary N) is 1. The Kier molecular flexibility index (Phi) is 13.8. The first-order valence-electron chi connectivity index (χ1n) is 11.2. The molecular formula is C24H41NO2. The minimum atomic E-state index is -0.628. The zero-order chi connectivity index (χ0) is 19.7. The van der Waals surface area contributed by atoms with Crippen molar-refractivity contribution < 1.29 is 9.90 Å². The van der Waals surface area contributed by atoms with Crippen LogP contribution in [-0.2, 0) is 11.2 Å². The number of aliphatic hydroxyl groups excluding tert-OH is 1. The van der Waals surface area contributed by atoms with Crippen LogP contribution in [0.3, 0.4) is 0 Å². The van der Waals surface area contributed by atoms with Gasteiger partial charge < -0.3 is 10.4 Å². The van der Waals surface area contributed by atoms with Crippen molar-refractivity contribution in [1.29, 1.82) is 0 Å². The minimum absolute atomic E-state index is 0.0511. The number of hydrogen-bond acceptors (Lipinski definition) is 2. The van der Waals surface area contributed by atoms with Crippen LogP contribution in [0, 0.1) is 0 Å². The molecule has 154 valence electrons. The molecule has 0 heterocycles. The standard InChI is InChI=1S/C24H41NO2/c1-3-5-6-7-8-9-10-11-12-13-14-15-24(27)25-20-23(26)22-18-16-21(4-2)17-19-22/h16-19,23,26H,3-15,20H2,1-2H3,(H,25,27). The maximum Gasteiger partial charge on any atom is 0.220 e. The highest BCUT2D eigenvalue weighted by molar-refractivity contribution is 5.75. The van der Waals surface area contributed by atoms with Crippen molar-refractivity contribution >= 4 is 5.91 Å². The average molecular weight is 376 g/mol. The van der Waals surface area contributed by atoms with Gasteiger partial charge in [-0.1, -0.05) is 102 Å². The Balaban J connectivity index is 1.97. The summed E-state index contributed by atoms with van der Waals surface area (Å²) in [6.45, 7) is 4.66. The van der Waals surface area contributed by atoms with Crippen molar-refractivity contribution in [3.05, 3.63) is 35.4 Å². The van der Waals surface area contributed by atoms with Crippen LogP contribution < -0.4 is 5.32 Å². The Hall–Kier alpha value is -1.35. The highest BCUT2D eigenvalue weighted by Gasteiger charge is 2.09. The summed E-state index contributed by atoms with van der Waals surface area (Å²) in [5.74, 6) is 0.0511. The summed E-state index contributed by atoms with van der Waals surface area (Å²) in [4.78, 5) is 11.9. The Labute approximate surface area is 167 Å². The number of aliphatic hydroxyl groups is 1. The third-order valence-electron chi connectivity index (χ3n) is 5.27. The monoisotopic (exact) mass is 375 g/mol. The number of benzene rings is 1. The van der Waals surface area contributed by atoms with Gasteiger partial charge in [-0.15, -0.1) is 0 Å². The molecule has 0 bridgehead atoms. The van der Waals surface area contributed by atoms with Crippen molar-refractivity contribution in [2.75, 3.05) is 6.54 Å². The molecule has 3 nitrogen and oxygen atoms in total. The molecule has 0 spiro atoms. The lowest BCUT2D eigenvalue weighted by Crippen LogP contribution is -2.28. The van der Waals surface area contributed by atoms with Gasteiger partial charge >= 0.3 is 0 Å². The van der Waals surface area contributed by atoms with Crippen molar-refractivity contribution in [3.63, 3.8) is 0 Å². The molecule has 0 saturated carbocycles. The van der Waals surface area contributed by atoms with E-state index < -0.39 is 6.10 Å². The predicted molar refractivity (Wildman–Crippen MR) is 115 cm³/mol. The summed E-state index contributed by atoms with van der Waals surface area (Å²) in [5.41, 5.74) is 2.12. The highest BCUT2D eigenvalue weighted by atomic mass is 16.3. The molecule has 1 amide bonds. The number of carbonyl (C=O) groups excluding carboxylic acids is 1. The predicted octanol–water partition coefficient (Wildman–Crippen LogP) is 6.10. The first kappa shape index (κ1) is 23.7. The summed E-state index contributed by atoms with van der Waals surface area (Å²) in [7, 11) is 0. The fraction of sp³-hybridized carbons (Fsp3) is 0.708. The van der Waals surface area contributed by atoms with Gasteiger partial charge in [-0.25, -0.2) is 0 Å². The Bertz CT molecular complexity index is 484. The van der Waals surface area contributed by atoms with Gasteiger partial charge in [0.15, 0.2) is 0 Å². The van der Waals surface area contributed by atoms with Crippen LogP contribution in [0.15, 0.2) is 24.3 Å². The van der Waals surface area contributed by atoms with Gasteiger partial charge in [-0.2, -0.15) is 0 Å². The first-order chi connectivity index (χ1) is 13.2. The quantitative estimate of drug-likeness (QED) is 0.343. The van der Waals surface area contributed by atoms with Crippen LogP contribution in [0.4, 0.5) is 0 Å². The molecule has 27 heavy (non-hydrogen) atoms. The fourth-order valence-corrected chi connectivity index (χ4v) is 3.34. The zero-order valence-corrected chi connectivity index (χ0v) is 17.6. The second-order valence-corrected chi connectivity index (χ2v) is 7.70. The van der Waals surface area contributed by atoms with Crippen LogP contribution >= 0.6 is 0 Å². The molecule has 1 aromatic carbocycles. The van der Waals surface area contributed by atoms with Gasteiger partial charge in [0.25, 0.3) is 0 Å². The van der Waals surface area contributed by atoms with E-state index in [0.29, 0.717) is 13.0 Å². The van der Waals surface area contributed by atoms with Gasteiger partial charge in [0.1, 0.15) is 0 Å². The molecule has 1 unspecified atom stereocenters. The largest absolute Gasteiger partial charge is 0.387 e.